The fraction of sp³-hybridized carbons (Fsp3) is 0.0500. The van der Waals surface area contributed by atoms with E-state index in [1.54, 1.807) is 0 Å². The predicted molar refractivity (Wildman–Crippen MR) is 175 cm³/mol. The molecule has 6 aromatic carbocycles. The van der Waals surface area contributed by atoms with Crippen LogP contribution in [0.25, 0.3) is 44.5 Å². The van der Waals surface area contributed by atoms with Crippen LogP contribution in [0.1, 0.15) is 23.6 Å². The first-order valence-corrected chi connectivity index (χ1v) is 14.1. The number of nitriles is 1. The molecule has 0 fully saturated rings. The first-order valence-electron chi connectivity index (χ1n) is 14.1. The lowest BCUT2D eigenvalue weighted by Crippen LogP contribution is -1.96. The Morgan fingerprint density at radius 3 is 1.62 bits per heavy atom. The fourth-order valence-corrected chi connectivity index (χ4v) is 5.21. The third-order valence-electron chi connectivity index (χ3n) is 7.53. The van der Waals surface area contributed by atoms with Crippen molar-refractivity contribution in [1.29, 1.82) is 5.26 Å². The summed E-state index contributed by atoms with van der Waals surface area (Å²) in [6.45, 7) is 2.57. The highest BCUT2D eigenvalue weighted by atomic mass is 14.7. The zero-order chi connectivity index (χ0) is 28.7. The minimum absolute atomic E-state index is 0.572. The van der Waals surface area contributed by atoms with Gasteiger partial charge < -0.3 is 0 Å². The van der Waals surface area contributed by atoms with E-state index in [4.69, 9.17) is 4.99 Å². The minimum Gasteiger partial charge on any atom is -0.285 e. The highest BCUT2D eigenvalue weighted by Crippen LogP contribution is 2.34. The van der Waals surface area contributed by atoms with Gasteiger partial charge in [0.05, 0.1) is 18.2 Å². The van der Waals surface area contributed by atoms with Gasteiger partial charge in [-0.2, -0.15) is 5.26 Å². The van der Waals surface area contributed by atoms with Crippen LogP contribution >= 0.6 is 0 Å². The number of aliphatic imine (C=N–C) groups is 1. The smallest absolute Gasteiger partial charge is 0.0991 e. The van der Waals surface area contributed by atoms with Gasteiger partial charge in [-0.15, -0.1) is 0 Å². The first-order chi connectivity index (χ1) is 20.7. The van der Waals surface area contributed by atoms with Crippen LogP contribution in [0.5, 0.6) is 0 Å². The van der Waals surface area contributed by atoms with Crippen LogP contribution in [0.4, 0.5) is 0 Å². The zero-order valence-corrected chi connectivity index (χ0v) is 23.5. The van der Waals surface area contributed by atoms with Crippen molar-refractivity contribution in [3.63, 3.8) is 0 Å². The van der Waals surface area contributed by atoms with E-state index in [9.17, 15) is 5.26 Å². The largest absolute Gasteiger partial charge is 0.285 e. The molecule has 0 spiro atoms. The Morgan fingerprint density at radius 1 is 0.500 bits per heavy atom. The number of benzene rings is 6. The van der Waals surface area contributed by atoms with Crippen molar-refractivity contribution >= 4 is 5.71 Å². The van der Waals surface area contributed by atoms with Crippen molar-refractivity contribution in [3.8, 4) is 50.6 Å². The zero-order valence-electron chi connectivity index (χ0n) is 23.5. The topological polar surface area (TPSA) is 36.1 Å². The van der Waals surface area contributed by atoms with Crippen LogP contribution in [0.3, 0.4) is 0 Å². The molecule has 0 aromatic heterocycles. The molecule has 2 heteroatoms. The maximum Gasteiger partial charge on any atom is 0.0991 e. The van der Waals surface area contributed by atoms with Gasteiger partial charge in [-0.25, -0.2) is 0 Å². The van der Waals surface area contributed by atoms with Gasteiger partial charge in [0.25, 0.3) is 0 Å². The Labute approximate surface area is 247 Å². The van der Waals surface area contributed by atoms with Gasteiger partial charge in [-0.3, -0.25) is 4.99 Å². The minimum atomic E-state index is 0.572. The maximum atomic E-state index is 9.24. The summed E-state index contributed by atoms with van der Waals surface area (Å²) < 4.78 is 0. The molecular formula is C40H30N2. The van der Waals surface area contributed by atoms with Crippen LogP contribution in [0.15, 0.2) is 157 Å². The molecule has 0 unspecified atom stereocenters. The highest BCUT2D eigenvalue weighted by molar-refractivity contribution is 5.99. The molecular weight excluding hydrogens is 508 g/mol. The summed E-state index contributed by atoms with van der Waals surface area (Å²) in [6, 6.07) is 55.2. The van der Waals surface area contributed by atoms with E-state index in [1.807, 2.05) is 37.3 Å². The van der Waals surface area contributed by atoms with E-state index >= 15 is 0 Å². The van der Waals surface area contributed by atoms with Gasteiger partial charge in [0.1, 0.15) is 0 Å². The Kier molecular flexibility index (Phi) is 7.84. The van der Waals surface area contributed by atoms with E-state index in [-0.39, 0.29) is 0 Å². The molecule has 0 aliphatic heterocycles. The average Bonchev–Trinajstić information content (AvgIpc) is 3.08. The standard InChI is InChI=1S/C40H30N2/c1-29(36-16-8-10-30(22-36)27-41)42-28-31-11-9-17-37(23-31)40-25-38(33-14-6-3-7-15-33)24-39(26-40)35-20-18-34(19-21-35)32-12-4-2-5-13-32/h2-26H,28H2,1H3. The number of hydrogen-bond donors (Lipinski definition) is 0. The molecule has 2 nitrogen and oxygen atoms in total. The monoisotopic (exact) mass is 538 g/mol. The molecule has 0 aliphatic carbocycles. The molecule has 200 valence electrons. The third-order valence-corrected chi connectivity index (χ3v) is 7.53. The average molecular weight is 539 g/mol. The molecule has 0 radical (unpaired) electrons. The summed E-state index contributed by atoms with van der Waals surface area (Å²) >= 11 is 0. The van der Waals surface area contributed by atoms with Crippen LogP contribution in [0, 0.1) is 11.3 Å². The van der Waals surface area contributed by atoms with Crippen molar-refractivity contribution in [1.82, 2.24) is 0 Å². The van der Waals surface area contributed by atoms with Gasteiger partial charge in [0, 0.05) is 5.71 Å². The van der Waals surface area contributed by atoms with Gasteiger partial charge in [0.15, 0.2) is 0 Å². The quantitative estimate of drug-likeness (QED) is 0.186. The molecule has 0 N–H and O–H groups in total. The Hall–Kier alpha value is -5.52. The van der Waals surface area contributed by atoms with Crippen LogP contribution in [-0.4, -0.2) is 5.71 Å². The van der Waals surface area contributed by atoms with Gasteiger partial charge in [-0.05, 0) is 99.0 Å². The van der Waals surface area contributed by atoms with Gasteiger partial charge >= 0.3 is 0 Å². The fourth-order valence-electron chi connectivity index (χ4n) is 5.21. The van der Waals surface area contributed by atoms with Crippen molar-refractivity contribution in [2.75, 3.05) is 0 Å². The number of rotatable bonds is 7. The SMILES string of the molecule is CC(=NCc1cccc(-c2cc(-c3ccccc3)cc(-c3ccc(-c4ccccc4)cc3)c2)c1)c1cccc(C#N)c1. The van der Waals surface area contributed by atoms with Crippen molar-refractivity contribution < 1.29 is 0 Å². The molecule has 0 bridgehead atoms. The van der Waals surface area contributed by atoms with Gasteiger partial charge in [-0.1, -0.05) is 115 Å². The van der Waals surface area contributed by atoms with Crippen LogP contribution in [-0.2, 0) is 6.54 Å². The van der Waals surface area contributed by atoms with Crippen LogP contribution in [0.2, 0.25) is 0 Å². The van der Waals surface area contributed by atoms with Crippen molar-refractivity contribution in [2.45, 2.75) is 13.5 Å². The molecule has 0 atom stereocenters. The van der Waals surface area contributed by atoms with Crippen LogP contribution < -0.4 is 0 Å². The van der Waals surface area contributed by atoms with E-state index in [2.05, 4.69) is 127 Å². The molecule has 6 rings (SSSR count). The van der Waals surface area contributed by atoms with Crippen molar-refractivity contribution in [3.05, 3.63) is 168 Å². The lowest BCUT2D eigenvalue weighted by Gasteiger charge is -2.13. The Bertz CT molecular complexity index is 1890. The van der Waals surface area contributed by atoms with E-state index in [0.717, 1.165) is 22.4 Å². The normalized spacial score (nSPS) is 11.2. The third kappa shape index (κ3) is 6.12. The predicted octanol–water partition coefficient (Wildman–Crippen LogP) is 10.2. The molecule has 0 saturated carbocycles. The molecule has 0 aliphatic rings. The van der Waals surface area contributed by atoms with E-state index < -0.39 is 0 Å². The maximum absolute atomic E-state index is 9.24. The highest BCUT2D eigenvalue weighted by Gasteiger charge is 2.09. The van der Waals surface area contributed by atoms with E-state index in [1.165, 1.54) is 38.9 Å². The van der Waals surface area contributed by atoms with E-state index in [0.29, 0.717) is 12.1 Å². The summed E-state index contributed by atoms with van der Waals surface area (Å²) in [7, 11) is 0. The Balaban J connectivity index is 1.34. The summed E-state index contributed by atoms with van der Waals surface area (Å²) in [6.07, 6.45) is 0. The lowest BCUT2D eigenvalue weighted by atomic mass is 9.92. The number of nitrogens with zero attached hydrogens (tertiary/aromatic N) is 2. The molecule has 0 heterocycles. The molecule has 42 heavy (non-hydrogen) atoms. The summed E-state index contributed by atoms with van der Waals surface area (Å²) in [5.74, 6) is 0. The summed E-state index contributed by atoms with van der Waals surface area (Å²) in [4.78, 5) is 4.85. The summed E-state index contributed by atoms with van der Waals surface area (Å²) in [5, 5.41) is 9.24. The Morgan fingerprint density at radius 2 is 1.00 bits per heavy atom. The second-order valence-corrected chi connectivity index (χ2v) is 10.4. The molecule has 0 saturated heterocycles. The lowest BCUT2D eigenvalue weighted by molar-refractivity contribution is 1.07. The summed E-state index contributed by atoms with van der Waals surface area (Å²) in [5.41, 5.74) is 13.2. The first kappa shape index (κ1) is 26.7. The molecule has 6 aromatic rings. The number of hydrogen-bond acceptors (Lipinski definition) is 2. The van der Waals surface area contributed by atoms with Gasteiger partial charge in [0.2, 0.25) is 0 Å². The van der Waals surface area contributed by atoms with Crippen molar-refractivity contribution in [2.24, 2.45) is 4.99 Å². The second kappa shape index (κ2) is 12.3. The second-order valence-electron chi connectivity index (χ2n) is 10.4. The molecule has 0 amide bonds.